The topological polar surface area (TPSA) is 9.23 Å². The second-order valence-electron chi connectivity index (χ2n) is 14.1. The second kappa shape index (κ2) is 11.4. The van der Waals surface area contributed by atoms with Gasteiger partial charge in [-0.3, -0.25) is 0 Å². The molecule has 0 N–H and O–H groups in total. The molecule has 1 nitrogen and oxygen atoms in total. The first kappa shape index (κ1) is 26.8. The Morgan fingerprint density at radius 3 is 2.50 bits per heavy atom. The van der Waals surface area contributed by atoms with E-state index >= 15 is 0 Å². The van der Waals surface area contributed by atoms with Crippen molar-refractivity contribution in [1.29, 1.82) is 0 Å². The first-order chi connectivity index (χ1) is 16.3. The van der Waals surface area contributed by atoms with Crippen molar-refractivity contribution in [3.8, 4) is 0 Å². The third-order valence-corrected chi connectivity index (χ3v) is 11.6. The lowest BCUT2D eigenvalue weighted by molar-refractivity contribution is -0.0641. The summed E-state index contributed by atoms with van der Waals surface area (Å²) in [6.45, 7) is 16.0. The Balaban J connectivity index is 1.37. The van der Waals surface area contributed by atoms with Crippen LogP contribution in [0.3, 0.4) is 0 Å². The van der Waals surface area contributed by atoms with E-state index < -0.39 is 0 Å². The normalized spacial score (nSPS) is 40.4. The number of rotatable bonds is 11. The molecular formula is C33H58O. The van der Waals surface area contributed by atoms with Crippen molar-refractivity contribution in [2.75, 3.05) is 6.61 Å². The molecule has 0 saturated heterocycles. The molecule has 0 bridgehead atoms. The molecule has 0 aromatic carbocycles. The summed E-state index contributed by atoms with van der Waals surface area (Å²) in [7, 11) is 0. The molecule has 0 aromatic rings. The van der Waals surface area contributed by atoms with Gasteiger partial charge >= 0.3 is 0 Å². The van der Waals surface area contributed by atoms with Gasteiger partial charge in [0.05, 0.1) is 6.10 Å². The zero-order valence-corrected chi connectivity index (χ0v) is 23.8. The van der Waals surface area contributed by atoms with Crippen LogP contribution in [-0.4, -0.2) is 12.7 Å². The fraction of sp³-hybridized carbons (Fsp3) is 0.939. The van der Waals surface area contributed by atoms with Crippen molar-refractivity contribution in [1.82, 2.24) is 0 Å². The summed E-state index contributed by atoms with van der Waals surface area (Å²) in [5.74, 6) is 5.62. The molecule has 0 spiro atoms. The van der Waals surface area contributed by atoms with E-state index in [0.29, 0.717) is 16.9 Å². The molecule has 3 saturated carbocycles. The van der Waals surface area contributed by atoms with Crippen LogP contribution in [0.2, 0.25) is 0 Å². The molecule has 0 radical (unpaired) electrons. The van der Waals surface area contributed by atoms with Crippen LogP contribution in [0.25, 0.3) is 0 Å². The van der Waals surface area contributed by atoms with Crippen LogP contribution in [0.5, 0.6) is 0 Å². The molecule has 8 unspecified atom stereocenters. The quantitative estimate of drug-likeness (QED) is 0.215. The first-order valence-electron chi connectivity index (χ1n) is 15.6. The maximum Gasteiger partial charge on any atom is 0.0612 e. The van der Waals surface area contributed by atoms with Gasteiger partial charge < -0.3 is 4.74 Å². The Morgan fingerprint density at radius 1 is 0.912 bits per heavy atom. The summed E-state index contributed by atoms with van der Waals surface area (Å²) in [5.41, 5.74) is 2.87. The van der Waals surface area contributed by atoms with Crippen molar-refractivity contribution in [3.63, 3.8) is 0 Å². The van der Waals surface area contributed by atoms with Gasteiger partial charge in [-0.15, -0.1) is 0 Å². The molecular weight excluding hydrogens is 412 g/mol. The number of fused-ring (bicyclic) bond motifs is 5. The Kier molecular flexibility index (Phi) is 8.97. The third kappa shape index (κ3) is 5.35. The van der Waals surface area contributed by atoms with Gasteiger partial charge in [-0.05, 0) is 104 Å². The van der Waals surface area contributed by atoms with Gasteiger partial charge in [0.25, 0.3) is 0 Å². The SMILES string of the molecule is CCCCCCOC1CCC2(C)C(=CCC3C2CCC2(C)C(C(C)CCCC(C)C)CCC32)C1. The molecule has 196 valence electrons. The predicted octanol–water partition coefficient (Wildman–Crippen LogP) is 9.99. The average Bonchev–Trinajstić information content (AvgIpc) is 3.16. The summed E-state index contributed by atoms with van der Waals surface area (Å²) in [5, 5.41) is 0. The summed E-state index contributed by atoms with van der Waals surface area (Å²) in [6.07, 6.45) is 24.1. The van der Waals surface area contributed by atoms with Gasteiger partial charge in [-0.1, -0.05) is 91.7 Å². The molecule has 0 aliphatic heterocycles. The molecule has 0 heterocycles. The van der Waals surface area contributed by atoms with E-state index in [1.165, 1.54) is 96.3 Å². The van der Waals surface area contributed by atoms with E-state index in [1.807, 2.05) is 0 Å². The van der Waals surface area contributed by atoms with Crippen molar-refractivity contribution in [2.24, 2.45) is 46.3 Å². The molecule has 4 aliphatic carbocycles. The lowest BCUT2D eigenvalue weighted by atomic mass is 9.47. The van der Waals surface area contributed by atoms with Gasteiger partial charge in [0.2, 0.25) is 0 Å². The Labute approximate surface area is 213 Å². The summed E-state index contributed by atoms with van der Waals surface area (Å²) < 4.78 is 6.39. The van der Waals surface area contributed by atoms with Gasteiger partial charge in [0.15, 0.2) is 0 Å². The van der Waals surface area contributed by atoms with Crippen LogP contribution in [0.4, 0.5) is 0 Å². The Hall–Kier alpha value is -0.300. The minimum atomic E-state index is 0.466. The van der Waals surface area contributed by atoms with E-state index in [2.05, 4.69) is 47.6 Å². The first-order valence-corrected chi connectivity index (χ1v) is 15.6. The van der Waals surface area contributed by atoms with Crippen LogP contribution in [0, 0.1) is 46.3 Å². The highest BCUT2D eigenvalue weighted by Gasteiger charge is 2.59. The zero-order valence-electron chi connectivity index (χ0n) is 23.8. The molecule has 4 aliphatic rings. The number of hydrogen-bond donors (Lipinski definition) is 0. The van der Waals surface area contributed by atoms with Crippen LogP contribution < -0.4 is 0 Å². The monoisotopic (exact) mass is 470 g/mol. The lowest BCUT2D eigenvalue weighted by Crippen LogP contribution is -2.51. The van der Waals surface area contributed by atoms with Crippen LogP contribution >= 0.6 is 0 Å². The molecule has 1 heteroatoms. The van der Waals surface area contributed by atoms with Crippen molar-refractivity contribution in [3.05, 3.63) is 11.6 Å². The summed E-state index contributed by atoms with van der Waals surface area (Å²) >= 11 is 0. The number of allylic oxidation sites excluding steroid dienone is 1. The fourth-order valence-electron chi connectivity index (χ4n) is 9.57. The van der Waals surface area contributed by atoms with Gasteiger partial charge in [0.1, 0.15) is 0 Å². The minimum Gasteiger partial charge on any atom is -0.378 e. The molecule has 0 amide bonds. The van der Waals surface area contributed by atoms with E-state index in [9.17, 15) is 0 Å². The van der Waals surface area contributed by atoms with Gasteiger partial charge in [0, 0.05) is 6.61 Å². The van der Waals surface area contributed by atoms with Crippen molar-refractivity contribution >= 4 is 0 Å². The Bertz CT molecular complexity index is 678. The maximum atomic E-state index is 6.39. The van der Waals surface area contributed by atoms with E-state index in [-0.39, 0.29) is 0 Å². The van der Waals surface area contributed by atoms with Crippen LogP contribution in [0.1, 0.15) is 138 Å². The van der Waals surface area contributed by atoms with Gasteiger partial charge in [-0.2, -0.15) is 0 Å². The largest absolute Gasteiger partial charge is 0.378 e. The molecule has 4 rings (SSSR count). The molecule has 8 atom stereocenters. The Morgan fingerprint density at radius 2 is 1.74 bits per heavy atom. The van der Waals surface area contributed by atoms with Crippen molar-refractivity contribution in [2.45, 2.75) is 144 Å². The predicted molar refractivity (Wildman–Crippen MR) is 147 cm³/mol. The van der Waals surface area contributed by atoms with E-state index in [1.54, 1.807) is 5.57 Å². The maximum absolute atomic E-state index is 6.39. The zero-order chi connectivity index (χ0) is 24.3. The van der Waals surface area contributed by atoms with Crippen LogP contribution in [-0.2, 0) is 4.74 Å². The van der Waals surface area contributed by atoms with E-state index in [0.717, 1.165) is 42.1 Å². The molecule has 3 fully saturated rings. The number of unbranched alkanes of at least 4 members (excludes halogenated alkanes) is 3. The number of ether oxygens (including phenoxy) is 1. The second-order valence-corrected chi connectivity index (χ2v) is 14.1. The van der Waals surface area contributed by atoms with E-state index in [4.69, 9.17) is 4.74 Å². The average molecular weight is 471 g/mol. The molecule has 34 heavy (non-hydrogen) atoms. The standard InChI is InChI=1S/C33H58O/c1-7-8-9-10-22-34-27-18-20-32(5)26(23-27)14-15-28-30-17-16-29(25(4)13-11-12-24(2)3)33(30,6)21-19-31(28)32/h14,24-25,27-31H,7-13,15-23H2,1-6H3. The summed E-state index contributed by atoms with van der Waals surface area (Å²) in [4.78, 5) is 0. The van der Waals surface area contributed by atoms with Crippen molar-refractivity contribution < 1.29 is 4.74 Å². The third-order valence-electron chi connectivity index (χ3n) is 11.6. The smallest absolute Gasteiger partial charge is 0.0612 e. The van der Waals surface area contributed by atoms with Gasteiger partial charge in [-0.25, -0.2) is 0 Å². The van der Waals surface area contributed by atoms with Crippen LogP contribution in [0.15, 0.2) is 11.6 Å². The highest BCUT2D eigenvalue weighted by Crippen LogP contribution is 2.67. The summed E-state index contributed by atoms with van der Waals surface area (Å²) in [6, 6.07) is 0. The lowest BCUT2D eigenvalue weighted by Gasteiger charge is -2.58. The highest BCUT2D eigenvalue weighted by atomic mass is 16.5. The fourth-order valence-corrected chi connectivity index (χ4v) is 9.57. The molecule has 0 aromatic heterocycles. The number of hydrogen-bond acceptors (Lipinski definition) is 1. The highest BCUT2D eigenvalue weighted by molar-refractivity contribution is 5.25. The minimum absolute atomic E-state index is 0.466.